The standard InChI is InChI=1S/C18H18N4O4S/c23-18(19-14-6-2-1-3-7-14)16-12-15-13-21(9-5-10-22(15)20-16)27(24,25)17-8-4-11-26-17/h1-4,6-8,11-12H,5,9-10,13H2,(H,19,23). The van der Waals surface area contributed by atoms with Gasteiger partial charge in [-0.2, -0.15) is 9.40 Å². The molecule has 4 rings (SSSR count). The molecule has 0 saturated carbocycles. The van der Waals surface area contributed by atoms with Gasteiger partial charge in [0.1, 0.15) is 0 Å². The van der Waals surface area contributed by atoms with E-state index in [1.165, 1.54) is 16.6 Å². The highest BCUT2D eigenvalue weighted by atomic mass is 32.2. The molecule has 8 nitrogen and oxygen atoms in total. The molecule has 1 aliphatic heterocycles. The summed E-state index contributed by atoms with van der Waals surface area (Å²) < 4.78 is 33.6. The van der Waals surface area contributed by atoms with Crippen molar-refractivity contribution in [1.82, 2.24) is 14.1 Å². The Bertz CT molecular complexity index is 1040. The van der Waals surface area contributed by atoms with E-state index in [9.17, 15) is 13.2 Å². The van der Waals surface area contributed by atoms with Crippen molar-refractivity contribution in [2.45, 2.75) is 24.6 Å². The first kappa shape index (κ1) is 17.5. The molecule has 0 bridgehead atoms. The number of aromatic nitrogens is 2. The van der Waals surface area contributed by atoms with E-state index in [4.69, 9.17) is 4.42 Å². The number of para-hydroxylation sites is 1. The molecule has 3 heterocycles. The fourth-order valence-electron chi connectivity index (χ4n) is 3.00. The molecule has 1 N–H and O–H groups in total. The Morgan fingerprint density at radius 2 is 1.93 bits per heavy atom. The third-order valence-corrected chi connectivity index (χ3v) is 6.06. The first-order valence-corrected chi connectivity index (χ1v) is 9.95. The normalized spacial score (nSPS) is 15.1. The lowest BCUT2D eigenvalue weighted by Gasteiger charge is -2.17. The Labute approximate surface area is 156 Å². The lowest BCUT2D eigenvalue weighted by atomic mass is 10.3. The maximum absolute atomic E-state index is 12.7. The number of carbonyl (C=O) groups excluding carboxylic acids is 1. The summed E-state index contributed by atoms with van der Waals surface area (Å²) in [5.74, 6) is -0.331. The van der Waals surface area contributed by atoms with Crippen LogP contribution in [0, 0.1) is 0 Å². The average Bonchev–Trinajstić information content (AvgIpc) is 3.29. The van der Waals surface area contributed by atoms with Gasteiger partial charge in [0.2, 0.25) is 5.09 Å². The van der Waals surface area contributed by atoms with E-state index < -0.39 is 10.0 Å². The number of furan rings is 1. The summed E-state index contributed by atoms with van der Waals surface area (Å²) >= 11 is 0. The number of rotatable bonds is 4. The van der Waals surface area contributed by atoms with Crippen LogP contribution in [0.2, 0.25) is 0 Å². The molecule has 0 aliphatic carbocycles. The second kappa shape index (κ2) is 7.01. The zero-order chi connectivity index (χ0) is 18.9. The number of hydrogen-bond acceptors (Lipinski definition) is 5. The van der Waals surface area contributed by atoms with Gasteiger partial charge in [-0.05, 0) is 36.8 Å². The molecular formula is C18H18N4O4S. The van der Waals surface area contributed by atoms with Gasteiger partial charge in [-0.1, -0.05) is 18.2 Å². The Balaban J connectivity index is 1.56. The molecule has 0 fully saturated rings. The maximum atomic E-state index is 12.7. The summed E-state index contributed by atoms with van der Waals surface area (Å²) in [5.41, 5.74) is 1.60. The van der Waals surface area contributed by atoms with Gasteiger partial charge < -0.3 is 9.73 Å². The van der Waals surface area contributed by atoms with Gasteiger partial charge in [-0.25, -0.2) is 8.42 Å². The third kappa shape index (κ3) is 3.51. The summed E-state index contributed by atoms with van der Waals surface area (Å²) in [6.45, 7) is 1.03. The van der Waals surface area contributed by atoms with Crippen LogP contribution in [0.4, 0.5) is 5.69 Å². The monoisotopic (exact) mass is 386 g/mol. The molecule has 2 aromatic heterocycles. The van der Waals surface area contributed by atoms with Crippen molar-refractivity contribution >= 4 is 21.6 Å². The summed E-state index contributed by atoms with van der Waals surface area (Å²) in [4.78, 5) is 12.4. The zero-order valence-electron chi connectivity index (χ0n) is 14.4. The molecule has 0 unspecified atom stereocenters. The van der Waals surface area contributed by atoms with E-state index in [0.717, 1.165) is 0 Å². The molecule has 1 amide bonds. The Kier molecular flexibility index (Phi) is 4.54. The van der Waals surface area contributed by atoms with Crippen molar-refractivity contribution in [3.8, 4) is 0 Å². The quantitative estimate of drug-likeness (QED) is 0.742. The number of aryl methyl sites for hydroxylation is 1. The van der Waals surface area contributed by atoms with E-state index in [2.05, 4.69) is 10.4 Å². The minimum absolute atomic E-state index is 0.0856. The highest BCUT2D eigenvalue weighted by molar-refractivity contribution is 7.89. The van der Waals surface area contributed by atoms with Crippen LogP contribution in [-0.2, 0) is 23.1 Å². The van der Waals surface area contributed by atoms with Gasteiger partial charge in [-0.15, -0.1) is 0 Å². The molecule has 1 aliphatic rings. The number of sulfonamides is 1. The van der Waals surface area contributed by atoms with E-state index in [0.29, 0.717) is 30.9 Å². The number of carbonyl (C=O) groups is 1. The molecule has 0 radical (unpaired) electrons. The number of nitrogens with zero attached hydrogens (tertiary/aromatic N) is 3. The predicted octanol–water partition coefficient (Wildman–Crippen LogP) is 2.32. The van der Waals surface area contributed by atoms with Crippen LogP contribution < -0.4 is 5.32 Å². The van der Waals surface area contributed by atoms with Crippen LogP contribution >= 0.6 is 0 Å². The Morgan fingerprint density at radius 3 is 2.67 bits per heavy atom. The molecule has 0 atom stereocenters. The summed E-state index contributed by atoms with van der Waals surface area (Å²) in [6, 6.07) is 13.7. The van der Waals surface area contributed by atoms with Crippen LogP contribution in [0.25, 0.3) is 0 Å². The Hall–Kier alpha value is -2.91. The lowest BCUT2D eigenvalue weighted by Crippen LogP contribution is -2.30. The summed E-state index contributed by atoms with van der Waals surface area (Å²) in [5, 5.41) is 7.05. The fourth-order valence-corrected chi connectivity index (χ4v) is 4.36. The zero-order valence-corrected chi connectivity index (χ0v) is 15.2. The van der Waals surface area contributed by atoms with Crippen LogP contribution in [0.3, 0.4) is 0 Å². The highest BCUT2D eigenvalue weighted by Gasteiger charge is 2.30. The number of anilines is 1. The van der Waals surface area contributed by atoms with Gasteiger partial charge in [0.05, 0.1) is 18.5 Å². The van der Waals surface area contributed by atoms with Crippen molar-refractivity contribution < 1.29 is 17.6 Å². The predicted molar refractivity (Wildman–Crippen MR) is 97.5 cm³/mol. The van der Waals surface area contributed by atoms with Crippen molar-refractivity contribution in [1.29, 1.82) is 0 Å². The fraction of sp³-hybridized carbons (Fsp3) is 0.222. The number of benzene rings is 1. The first-order chi connectivity index (χ1) is 13.0. The van der Waals surface area contributed by atoms with Crippen LogP contribution in [0.5, 0.6) is 0 Å². The van der Waals surface area contributed by atoms with Crippen LogP contribution in [0.15, 0.2) is 64.3 Å². The summed E-state index contributed by atoms with van der Waals surface area (Å²) in [6.07, 6.45) is 1.93. The second-order valence-electron chi connectivity index (χ2n) is 6.19. The van der Waals surface area contributed by atoms with Gasteiger partial charge in [-0.3, -0.25) is 9.48 Å². The Morgan fingerprint density at radius 1 is 1.11 bits per heavy atom. The van der Waals surface area contributed by atoms with Gasteiger partial charge in [0.15, 0.2) is 5.69 Å². The van der Waals surface area contributed by atoms with Crippen molar-refractivity contribution in [2.75, 3.05) is 11.9 Å². The molecule has 0 spiro atoms. The molecule has 27 heavy (non-hydrogen) atoms. The van der Waals surface area contributed by atoms with Crippen LogP contribution in [0.1, 0.15) is 22.6 Å². The molecule has 1 aromatic carbocycles. The van der Waals surface area contributed by atoms with E-state index >= 15 is 0 Å². The lowest BCUT2D eigenvalue weighted by molar-refractivity contribution is 0.102. The SMILES string of the molecule is O=C(Nc1ccccc1)c1cc2n(n1)CCCN(S(=O)(=O)c1ccco1)C2. The smallest absolute Gasteiger partial charge is 0.276 e. The van der Waals surface area contributed by atoms with Crippen LogP contribution in [-0.4, -0.2) is 35.0 Å². The molecule has 0 saturated heterocycles. The number of nitrogens with one attached hydrogen (secondary N) is 1. The van der Waals surface area contributed by atoms with Gasteiger partial charge in [0, 0.05) is 18.8 Å². The molecule has 3 aromatic rings. The van der Waals surface area contributed by atoms with E-state index in [-0.39, 0.29) is 23.2 Å². The van der Waals surface area contributed by atoms with Crippen molar-refractivity contribution in [2.24, 2.45) is 0 Å². The van der Waals surface area contributed by atoms with E-state index in [1.807, 2.05) is 18.2 Å². The third-order valence-electron chi connectivity index (χ3n) is 4.33. The minimum Gasteiger partial charge on any atom is -0.452 e. The highest BCUT2D eigenvalue weighted by Crippen LogP contribution is 2.22. The minimum atomic E-state index is -3.72. The number of hydrogen-bond donors (Lipinski definition) is 1. The second-order valence-corrected chi connectivity index (χ2v) is 8.06. The number of fused-ring (bicyclic) bond motifs is 1. The largest absolute Gasteiger partial charge is 0.452 e. The summed E-state index contributed by atoms with van der Waals surface area (Å²) in [7, 11) is -3.72. The average molecular weight is 386 g/mol. The first-order valence-electron chi connectivity index (χ1n) is 8.51. The van der Waals surface area contributed by atoms with Crippen molar-refractivity contribution in [3.05, 3.63) is 66.2 Å². The molecule has 9 heteroatoms. The van der Waals surface area contributed by atoms with Crippen molar-refractivity contribution in [3.63, 3.8) is 0 Å². The number of amides is 1. The maximum Gasteiger partial charge on any atom is 0.276 e. The van der Waals surface area contributed by atoms with E-state index in [1.54, 1.807) is 28.9 Å². The molecule has 140 valence electrons. The van der Waals surface area contributed by atoms with Gasteiger partial charge in [0.25, 0.3) is 15.9 Å². The topological polar surface area (TPSA) is 97.4 Å². The van der Waals surface area contributed by atoms with Gasteiger partial charge >= 0.3 is 0 Å². The molecular weight excluding hydrogens is 368 g/mol.